The summed E-state index contributed by atoms with van der Waals surface area (Å²) in [7, 11) is 0. The van der Waals surface area contributed by atoms with Crippen LogP contribution in [0, 0.1) is 29.5 Å². The van der Waals surface area contributed by atoms with Crippen molar-refractivity contribution in [2.45, 2.75) is 90.9 Å². The minimum atomic E-state index is -0.241. The summed E-state index contributed by atoms with van der Waals surface area (Å²) in [4.78, 5) is 0. The van der Waals surface area contributed by atoms with Gasteiger partial charge >= 0.3 is 0 Å². The molecule has 0 heterocycles. The van der Waals surface area contributed by atoms with Gasteiger partial charge in [-0.05, 0) is 84.7 Å². The molecule has 0 saturated carbocycles. The zero-order valence-electron chi connectivity index (χ0n) is 24.9. The van der Waals surface area contributed by atoms with Gasteiger partial charge in [0.05, 0.1) is 5.56 Å². The van der Waals surface area contributed by atoms with Gasteiger partial charge in [-0.15, -0.1) is 0 Å². The molecule has 0 atom stereocenters. The van der Waals surface area contributed by atoms with E-state index in [-0.39, 0.29) is 5.82 Å². The first kappa shape index (κ1) is 30.2. The van der Waals surface area contributed by atoms with Crippen molar-refractivity contribution in [3.8, 4) is 23.7 Å². The first-order chi connectivity index (χ1) is 20.2. The molecule has 0 aromatic heterocycles. The summed E-state index contributed by atoms with van der Waals surface area (Å²) in [5, 5.41) is 1.58. The molecule has 0 spiro atoms. The third-order valence-electron chi connectivity index (χ3n) is 7.69. The lowest BCUT2D eigenvalue weighted by molar-refractivity contribution is 0.631. The fraction of sp³-hybridized carbons (Fsp3) is 0.350. The van der Waals surface area contributed by atoms with Gasteiger partial charge in [0.15, 0.2) is 0 Å². The largest absolute Gasteiger partial charge is 0.205 e. The Morgan fingerprint density at radius 3 is 1.56 bits per heavy atom. The third-order valence-corrected chi connectivity index (χ3v) is 7.69. The summed E-state index contributed by atoms with van der Waals surface area (Å²) >= 11 is 0. The van der Waals surface area contributed by atoms with Crippen LogP contribution in [0.1, 0.15) is 111 Å². The van der Waals surface area contributed by atoms with E-state index in [0.29, 0.717) is 10.9 Å². The summed E-state index contributed by atoms with van der Waals surface area (Å²) < 4.78 is 15.2. The number of rotatable bonds is 12. The van der Waals surface area contributed by atoms with Crippen LogP contribution in [0.4, 0.5) is 4.39 Å². The summed E-state index contributed by atoms with van der Waals surface area (Å²) in [5.41, 5.74) is 5.90. The highest BCUT2D eigenvalue weighted by Gasteiger charge is 2.07. The van der Waals surface area contributed by atoms with Crippen molar-refractivity contribution >= 4 is 10.8 Å². The lowest BCUT2D eigenvalue weighted by Gasteiger charge is -2.06. The van der Waals surface area contributed by atoms with E-state index in [0.717, 1.165) is 34.9 Å². The SMILES string of the molecule is CCCCCCCc1ccc(C#Cc2ccc(C#Cc3ccc4cc(CCCCCCC)ccc4c3F)cc2)cc1. The number of unbranched alkanes of at least 4 members (excludes halogenated alkanes) is 8. The second-order valence-electron chi connectivity index (χ2n) is 11.1. The predicted molar refractivity (Wildman–Crippen MR) is 174 cm³/mol. The molecular formula is C40H43F. The van der Waals surface area contributed by atoms with E-state index < -0.39 is 0 Å². The standard InChI is InChI=1S/C40H43F/c1-3-5-7-9-11-13-32-15-17-33(18-16-32)19-20-34-21-23-35(24-22-34)25-27-37-28-29-38-31-36(14-12-10-8-6-4-2)26-30-39(38)40(37)41/h15-18,21-24,26,28-31H,3-14H2,1-2H3. The number of aryl methyl sites for hydroxylation is 2. The fourth-order valence-electron chi connectivity index (χ4n) is 5.13. The quantitative estimate of drug-likeness (QED) is 0.123. The van der Waals surface area contributed by atoms with Crippen molar-refractivity contribution in [1.82, 2.24) is 0 Å². The molecule has 0 saturated heterocycles. The molecule has 0 nitrogen and oxygen atoms in total. The van der Waals surface area contributed by atoms with Crippen molar-refractivity contribution in [3.05, 3.63) is 118 Å². The molecule has 0 bridgehead atoms. The number of halogens is 1. The number of hydrogen-bond acceptors (Lipinski definition) is 0. The molecule has 0 radical (unpaired) electrons. The van der Waals surface area contributed by atoms with Crippen LogP contribution in [-0.2, 0) is 12.8 Å². The molecule has 0 aliphatic carbocycles. The highest BCUT2D eigenvalue weighted by molar-refractivity contribution is 5.85. The maximum absolute atomic E-state index is 15.2. The van der Waals surface area contributed by atoms with Gasteiger partial charge in [-0.25, -0.2) is 4.39 Å². The van der Waals surface area contributed by atoms with E-state index >= 15 is 4.39 Å². The molecule has 4 rings (SSSR count). The summed E-state index contributed by atoms with van der Waals surface area (Å²) in [6, 6.07) is 26.3. The molecular weight excluding hydrogens is 499 g/mol. The number of hydrogen-bond donors (Lipinski definition) is 0. The van der Waals surface area contributed by atoms with Crippen LogP contribution in [0.3, 0.4) is 0 Å². The maximum Gasteiger partial charge on any atom is 0.146 e. The molecule has 0 fully saturated rings. The van der Waals surface area contributed by atoms with E-state index in [1.54, 1.807) is 6.07 Å². The molecule has 0 amide bonds. The molecule has 4 aromatic rings. The van der Waals surface area contributed by atoms with Gasteiger partial charge in [-0.1, -0.05) is 125 Å². The second-order valence-corrected chi connectivity index (χ2v) is 11.1. The van der Waals surface area contributed by atoms with E-state index in [4.69, 9.17) is 0 Å². The molecule has 0 N–H and O–H groups in total. The van der Waals surface area contributed by atoms with Crippen LogP contribution in [0.25, 0.3) is 10.8 Å². The van der Waals surface area contributed by atoms with Crippen LogP contribution in [0.5, 0.6) is 0 Å². The first-order valence-corrected chi connectivity index (χ1v) is 15.6. The number of fused-ring (bicyclic) bond motifs is 1. The van der Waals surface area contributed by atoms with Crippen LogP contribution in [-0.4, -0.2) is 0 Å². The van der Waals surface area contributed by atoms with Crippen molar-refractivity contribution < 1.29 is 4.39 Å². The van der Waals surface area contributed by atoms with Gasteiger partial charge in [0.1, 0.15) is 5.82 Å². The average molecular weight is 543 g/mol. The molecule has 1 heteroatoms. The molecule has 41 heavy (non-hydrogen) atoms. The zero-order chi connectivity index (χ0) is 28.7. The Kier molecular flexibility index (Phi) is 12.1. The van der Waals surface area contributed by atoms with Crippen LogP contribution < -0.4 is 0 Å². The Morgan fingerprint density at radius 2 is 0.976 bits per heavy atom. The topological polar surface area (TPSA) is 0 Å². The minimum absolute atomic E-state index is 0.241. The first-order valence-electron chi connectivity index (χ1n) is 15.6. The van der Waals surface area contributed by atoms with Crippen LogP contribution in [0.15, 0.2) is 78.9 Å². The Bertz CT molecular complexity index is 1500. The van der Waals surface area contributed by atoms with Gasteiger partial charge in [0.2, 0.25) is 0 Å². The predicted octanol–water partition coefficient (Wildman–Crippen LogP) is 10.8. The lowest BCUT2D eigenvalue weighted by Crippen LogP contribution is -1.90. The van der Waals surface area contributed by atoms with Crippen molar-refractivity contribution in [3.63, 3.8) is 0 Å². The molecule has 4 aromatic carbocycles. The molecule has 0 aliphatic rings. The van der Waals surface area contributed by atoms with Crippen molar-refractivity contribution in [2.75, 3.05) is 0 Å². The Balaban J connectivity index is 1.33. The summed E-state index contributed by atoms with van der Waals surface area (Å²) in [6.07, 6.45) is 15.0. The fourth-order valence-corrected chi connectivity index (χ4v) is 5.13. The van der Waals surface area contributed by atoms with E-state index in [2.05, 4.69) is 73.9 Å². The second kappa shape index (κ2) is 16.5. The molecule has 0 unspecified atom stereocenters. The summed E-state index contributed by atoms with van der Waals surface area (Å²) in [6.45, 7) is 4.49. The van der Waals surface area contributed by atoms with Gasteiger partial charge in [-0.2, -0.15) is 0 Å². The summed E-state index contributed by atoms with van der Waals surface area (Å²) in [5.74, 6) is 12.4. The third kappa shape index (κ3) is 9.66. The van der Waals surface area contributed by atoms with E-state index in [1.807, 2.05) is 36.4 Å². The molecule has 210 valence electrons. The Labute approximate surface area is 247 Å². The zero-order valence-corrected chi connectivity index (χ0v) is 24.9. The normalized spacial score (nSPS) is 10.6. The van der Waals surface area contributed by atoms with Gasteiger partial charge in [-0.3, -0.25) is 0 Å². The minimum Gasteiger partial charge on any atom is -0.205 e. The highest BCUT2D eigenvalue weighted by atomic mass is 19.1. The monoisotopic (exact) mass is 542 g/mol. The average Bonchev–Trinajstić information content (AvgIpc) is 3.00. The highest BCUT2D eigenvalue weighted by Crippen LogP contribution is 2.23. The smallest absolute Gasteiger partial charge is 0.146 e. The van der Waals surface area contributed by atoms with Gasteiger partial charge in [0.25, 0.3) is 0 Å². The van der Waals surface area contributed by atoms with Crippen molar-refractivity contribution in [2.24, 2.45) is 0 Å². The van der Waals surface area contributed by atoms with Crippen LogP contribution >= 0.6 is 0 Å². The number of benzene rings is 4. The Morgan fingerprint density at radius 1 is 0.488 bits per heavy atom. The van der Waals surface area contributed by atoms with E-state index in [9.17, 15) is 0 Å². The van der Waals surface area contributed by atoms with Gasteiger partial charge < -0.3 is 0 Å². The maximum atomic E-state index is 15.2. The van der Waals surface area contributed by atoms with Crippen molar-refractivity contribution in [1.29, 1.82) is 0 Å². The van der Waals surface area contributed by atoms with Crippen LogP contribution in [0.2, 0.25) is 0 Å². The lowest BCUT2D eigenvalue weighted by atomic mass is 10.00. The Hall–Kier alpha value is -3.81. The van der Waals surface area contributed by atoms with E-state index in [1.165, 1.54) is 75.3 Å². The molecule has 0 aliphatic heterocycles. The van der Waals surface area contributed by atoms with Gasteiger partial charge in [0, 0.05) is 22.1 Å².